The normalized spacial score (nSPS) is 12.0. The number of thiophene rings is 1. The number of rotatable bonds is 7. The fourth-order valence-electron chi connectivity index (χ4n) is 3.36. The molecule has 0 fully saturated rings. The highest BCUT2D eigenvalue weighted by molar-refractivity contribution is 7.98. The summed E-state index contributed by atoms with van der Waals surface area (Å²) in [5, 5.41) is 15.3. The van der Waals surface area contributed by atoms with E-state index in [-0.39, 0.29) is 11.9 Å². The smallest absolute Gasteiger partial charge is 0.261 e. The lowest BCUT2D eigenvalue weighted by Gasteiger charge is -2.18. The van der Waals surface area contributed by atoms with Gasteiger partial charge in [0.25, 0.3) is 5.91 Å². The highest BCUT2D eigenvalue weighted by Crippen LogP contribution is 2.31. The minimum Gasteiger partial charge on any atom is -0.342 e. The molecule has 2 aromatic heterocycles. The highest BCUT2D eigenvalue weighted by Gasteiger charge is 2.23. The summed E-state index contributed by atoms with van der Waals surface area (Å²) in [6, 6.07) is 17.4. The Kier molecular flexibility index (Phi) is 6.98. The van der Waals surface area contributed by atoms with Crippen LogP contribution >= 0.6 is 34.7 Å². The number of benzene rings is 2. The number of aromatic nitrogens is 3. The second kappa shape index (κ2) is 9.90. The first-order valence-electron chi connectivity index (χ1n) is 10.2. The maximum absolute atomic E-state index is 12.6. The van der Waals surface area contributed by atoms with Crippen molar-refractivity contribution in [2.24, 2.45) is 0 Å². The third-order valence-corrected chi connectivity index (χ3v) is 7.25. The van der Waals surface area contributed by atoms with Crippen molar-refractivity contribution in [3.05, 3.63) is 92.4 Å². The molecule has 0 bridgehead atoms. The Morgan fingerprint density at radius 2 is 1.94 bits per heavy atom. The van der Waals surface area contributed by atoms with E-state index >= 15 is 0 Å². The Morgan fingerprint density at radius 3 is 2.69 bits per heavy atom. The molecule has 1 unspecified atom stereocenters. The molecule has 0 saturated heterocycles. The molecule has 5 nitrogen and oxygen atoms in total. The molecule has 4 aromatic rings. The van der Waals surface area contributed by atoms with Crippen LogP contribution in [0, 0.1) is 13.8 Å². The first-order chi connectivity index (χ1) is 15.4. The van der Waals surface area contributed by atoms with Gasteiger partial charge in [0.2, 0.25) is 0 Å². The molecule has 0 aliphatic heterocycles. The van der Waals surface area contributed by atoms with E-state index in [0.29, 0.717) is 15.7 Å². The van der Waals surface area contributed by atoms with Gasteiger partial charge in [-0.1, -0.05) is 59.8 Å². The number of hydrogen-bond donors (Lipinski definition) is 1. The second-order valence-corrected chi connectivity index (χ2v) is 9.82. The Hall–Kier alpha value is -2.61. The fourth-order valence-corrected chi connectivity index (χ4v) is 5.18. The van der Waals surface area contributed by atoms with Crippen molar-refractivity contribution in [3.63, 3.8) is 0 Å². The zero-order valence-corrected chi connectivity index (χ0v) is 20.4. The van der Waals surface area contributed by atoms with Crippen LogP contribution in [0.15, 0.2) is 65.1 Å². The van der Waals surface area contributed by atoms with Crippen molar-refractivity contribution < 1.29 is 4.79 Å². The summed E-state index contributed by atoms with van der Waals surface area (Å²) in [6.45, 7) is 6.05. The van der Waals surface area contributed by atoms with Crippen molar-refractivity contribution in [1.29, 1.82) is 0 Å². The van der Waals surface area contributed by atoms with Crippen molar-refractivity contribution in [3.8, 4) is 5.69 Å². The lowest BCUT2D eigenvalue weighted by atomic mass is 10.1. The van der Waals surface area contributed by atoms with Crippen LogP contribution in [-0.4, -0.2) is 20.7 Å². The van der Waals surface area contributed by atoms with Gasteiger partial charge < -0.3 is 5.32 Å². The molecule has 8 heteroatoms. The predicted molar refractivity (Wildman–Crippen MR) is 132 cm³/mol. The molecular weight excluding hydrogens is 460 g/mol. The molecule has 2 heterocycles. The second-order valence-electron chi connectivity index (χ2n) is 7.49. The fraction of sp³-hybridized carbons (Fsp3) is 0.208. The van der Waals surface area contributed by atoms with Crippen LogP contribution in [0.25, 0.3) is 5.69 Å². The minimum atomic E-state index is -0.344. The summed E-state index contributed by atoms with van der Waals surface area (Å²) in [6.07, 6.45) is 0. The molecule has 0 saturated carbocycles. The largest absolute Gasteiger partial charge is 0.342 e. The van der Waals surface area contributed by atoms with Crippen LogP contribution in [0.1, 0.15) is 45.2 Å². The molecular formula is C24H23ClN4OS2. The van der Waals surface area contributed by atoms with Crippen molar-refractivity contribution in [1.82, 2.24) is 20.1 Å². The van der Waals surface area contributed by atoms with Gasteiger partial charge in [-0.15, -0.1) is 21.5 Å². The molecule has 0 spiro atoms. The summed E-state index contributed by atoms with van der Waals surface area (Å²) >= 11 is 9.36. The number of amides is 1. The molecule has 1 amide bonds. The topological polar surface area (TPSA) is 59.8 Å². The number of aryl methyl sites for hydroxylation is 2. The van der Waals surface area contributed by atoms with E-state index in [1.807, 2.05) is 66.3 Å². The van der Waals surface area contributed by atoms with Crippen LogP contribution in [0.3, 0.4) is 0 Å². The number of carbonyl (C=O) groups excluding carboxylic acids is 1. The lowest BCUT2D eigenvalue weighted by molar-refractivity contribution is 0.0942. The Morgan fingerprint density at radius 1 is 1.12 bits per heavy atom. The summed E-state index contributed by atoms with van der Waals surface area (Å²) in [5.41, 5.74) is 4.43. The molecule has 1 atom stereocenters. The van der Waals surface area contributed by atoms with Gasteiger partial charge in [-0.25, -0.2) is 0 Å². The van der Waals surface area contributed by atoms with Gasteiger partial charge in [0.15, 0.2) is 11.0 Å². The maximum atomic E-state index is 12.6. The number of hydrogen-bond acceptors (Lipinski definition) is 5. The van der Waals surface area contributed by atoms with Crippen molar-refractivity contribution in [2.75, 3.05) is 0 Å². The van der Waals surface area contributed by atoms with Gasteiger partial charge in [0, 0.05) is 10.8 Å². The van der Waals surface area contributed by atoms with Crippen molar-refractivity contribution >= 4 is 40.6 Å². The number of nitrogens with zero attached hydrogens (tertiary/aromatic N) is 3. The molecule has 0 aliphatic carbocycles. The van der Waals surface area contributed by atoms with Gasteiger partial charge in [-0.2, -0.15) is 0 Å². The number of halogens is 1. The van der Waals surface area contributed by atoms with E-state index in [1.54, 1.807) is 11.8 Å². The van der Waals surface area contributed by atoms with E-state index in [0.717, 1.165) is 22.2 Å². The monoisotopic (exact) mass is 482 g/mol. The van der Waals surface area contributed by atoms with E-state index in [2.05, 4.69) is 34.6 Å². The van der Waals surface area contributed by atoms with E-state index in [1.165, 1.54) is 22.5 Å². The van der Waals surface area contributed by atoms with Crippen molar-refractivity contribution in [2.45, 2.75) is 37.7 Å². The molecule has 4 rings (SSSR count). The Bertz CT molecular complexity index is 1240. The quantitative estimate of drug-likeness (QED) is 0.310. The van der Waals surface area contributed by atoms with Crippen LogP contribution in [0.5, 0.6) is 0 Å². The van der Waals surface area contributed by atoms with Gasteiger partial charge >= 0.3 is 0 Å². The van der Waals surface area contributed by atoms with E-state index in [9.17, 15) is 4.79 Å². The summed E-state index contributed by atoms with van der Waals surface area (Å²) < 4.78 is 2.00. The molecule has 0 radical (unpaired) electrons. The number of nitrogens with one attached hydrogen (secondary N) is 1. The number of carbonyl (C=O) groups is 1. The summed E-state index contributed by atoms with van der Waals surface area (Å²) in [5.74, 6) is 1.30. The third-order valence-electron chi connectivity index (χ3n) is 5.17. The first-order valence-corrected chi connectivity index (χ1v) is 12.4. The zero-order chi connectivity index (χ0) is 22.7. The van der Waals surface area contributed by atoms with Crippen LogP contribution in [0.4, 0.5) is 0 Å². The molecule has 164 valence electrons. The first kappa shape index (κ1) is 22.6. The van der Waals surface area contributed by atoms with Crippen LogP contribution < -0.4 is 5.32 Å². The average molecular weight is 483 g/mol. The van der Waals surface area contributed by atoms with Crippen LogP contribution in [-0.2, 0) is 5.75 Å². The highest BCUT2D eigenvalue weighted by atomic mass is 35.5. The predicted octanol–water partition coefficient (Wildman–Crippen LogP) is 6.38. The maximum Gasteiger partial charge on any atom is 0.261 e. The van der Waals surface area contributed by atoms with E-state index < -0.39 is 0 Å². The molecule has 32 heavy (non-hydrogen) atoms. The summed E-state index contributed by atoms with van der Waals surface area (Å²) in [7, 11) is 0. The molecule has 1 N–H and O–H groups in total. The van der Waals surface area contributed by atoms with Gasteiger partial charge in [-0.05, 0) is 61.0 Å². The van der Waals surface area contributed by atoms with Crippen LogP contribution in [0.2, 0.25) is 5.02 Å². The van der Waals surface area contributed by atoms with Gasteiger partial charge in [0.05, 0.1) is 16.6 Å². The number of thioether (sulfide) groups is 1. The van der Waals surface area contributed by atoms with Gasteiger partial charge in [-0.3, -0.25) is 9.36 Å². The van der Waals surface area contributed by atoms with E-state index in [4.69, 9.17) is 11.6 Å². The Balaban J connectivity index is 1.69. The lowest BCUT2D eigenvalue weighted by Crippen LogP contribution is -2.28. The third kappa shape index (κ3) is 4.90. The summed E-state index contributed by atoms with van der Waals surface area (Å²) in [4.78, 5) is 13.3. The SMILES string of the molecule is Cc1ccccc1CSc1nnc(C(C)NC(=O)c2cccs2)n1-c1cc(Cl)ccc1C. The van der Waals surface area contributed by atoms with Gasteiger partial charge in [0.1, 0.15) is 0 Å². The Labute approximate surface area is 200 Å². The standard InChI is InChI=1S/C24H23ClN4OS2/c1-15-7-4-5-8-18(15)14-32-24-28-27-22(17(3)26-23(30)21-9-6-12-31-21)29(24)20-13-19(25)11-10-16(20)2/h4-13,17H,14H2,1-3H3,(H,26,30). The zero-order valence-electron chi connectivity index (χ0n) is 18.0. The average Bonchev–Trinajstić information content (AvgIpc) is 3.45. The minimum absolute atomic E-state index is 0.126. The molecule has 2 aromatic carbocycles. The molecule has 0 aliphatic rings.